The van der Waals surface area contributed by atoms with Gasteiger partial charge >= 0.3 is 0 Å². The van der Waals surface area contributed by atoms with Crippen LogP contribution in [0.1, 0.15) is 11.1 Å². The van der Waals surface area contributed by atoms with Crippen LogP contribution in [0.3, 0.4) is 0 Å². The third kappa shape index (κ3) is 6.37. The predicted octanol–water partition coefficient (Wildman–Crippen LogP) is 4.69. The lowest BCUT2D eigenvalue weighted by molar-refractivity contribution is 0.682. The third-order valence-corrected chi connectivity index (χ3v) is 4.08. The highest BCUT2D eigenvalue weighted by Crippen LogP contribution is 2.16. The SMILES string of the molecule is Cl.Cl.Nc1ccc2ccc(CCNCCc3cccc(Cl)c3)cc2n1. The van der Waals surface area contributed by atoms with Crippen molar-refractivity contribution in [1.29, 1.82) is 0 Å². The molecule has 0 saturated carbocycles. The molecule has 1 heterocycles. The van der Waals surface area contributed by atoms with Gasteiger partial charge in [-0.2, -0.15) is 0 Å². The van der Waals surface area contributed by atoms with Gasteiger partial charge in [0.1, 0.15) is 5.82 Å². The molecule has 0 aliphatic carbocycles. The van der Waals surface area contributed by atoms with Gasteiger partial charge in [-0.1, -0.05) is 35.9 Å². The van der Waals surface area contributed by atoms with E-state index in [1.165, 1.54) is 11.1 Å². The molecule has 1 aromatic heterocycles. The van der Waals surface area contributed by atoms with Gasteiger partial charge < -0.3 is 11.1 Å². The van der Waals surface area contributed by atoms with Crippen LogP contribution in [0, 0.1) is 0 Å². The van der Waals surface area contributed by atoms with E-state index >= 15 is 0 Å². The lowest BCUT2D eigenvalue weighted by Gasteiger charge is -2.07. The van der Waals surface area contributed by atoms with Crippen LogP contribution in [0.15, 0.2) is 54.6 Å². The Morgan fingerprint density at radius 3 is 2.28 bits per heavy atom. The zero-order chi connectivity index (χ0) is 16.1. The van der Waals surface area contributed by atoms with Crippen LogP contribution in [-0.2, 0) is 12.8 Å². The van der Waals surface area contributed by atoms with Crippen molar-refractivity contribution in [2.75, 3.05) is 18.8 Å². The van der Waals surface area contributed by atoms with Gasteiger partial charge in [0.05, 0.1) is 5.52 Å². The fourth-order valence-corrected chi connectivity index (χ4v) is 2.83. The molecule has 3 N–H and O–H groups in total. The summed E-state index contributed by atoms with van der Waals surface area (Å²) in [6.45, 7) is 1.88. The number of hydrogen-bond donors (Lipinski definition) is 2. The Kier molecular flexibility index (Phi) is 9.01. The van der Waals surface area contributed by atoms with E-state index < -0.39 is 0 Å². The normalized spacial score (nSPS) is 10.1. The second kappa shape index (κ2) is 10.5. The maximum Gasteiger partial charge on any atom is 0.124 e. The number of nitrogens with two attached hydrogens (primary N) is 1. The van der Waals surface area contributed by atoms with Crippen LogP contribution in [0.5, 0.6) is 0 Å². The van der Waals surface area contributed by atoms with E-state index in [4.69, 9.17) is 17.3 Å². The van der Waals surface area contributed by atoms with Gasteiger partial charge in [0.2, 0.25) is 0 Å². The molecule has 0 spiro atoms. The Morgan fingerprint density at radius 1 is 0.880 bits per heavy atom. The predicted molar refractivity (Wildman–Crippen MR) is 112 cm³/mol. The summed E-state index contributed by atoms with van der Waals surface area (Å²) in [5, 5.41) is 5.39. The van der Waals surface area contributed by atoms with E-state index in [0.29, 0.717) is 5.82 Å². The van der Waals surface area contributed by atoms with E-state index in [0.717, 1.165) is 41.9 Å². The number of rotatable bonds is 6. The van der Waals surface area contributed by atoms with Crippen molar-refractivity contribution in [2.45, 2.75) is 12.8 Å². The average Bonchev–Trinajstić information content (AvgIpc) is 2.54. The Bertz CT molecular complexity index is 809. The van der Waals surface area contributed by atoms with E-state index in [9.17, 15) is 0 Å². The number of fused-ring (bicyclic) bond motifs is 1. The first kappa shape index (κ1) is 21.5. The summed E-state index contributed by atoms with van der Waals surface area (Å²) in [7, 11) is 0. The molecule has 2 aromatic carbocycles. The first-order valence-corrected chi connectivity index (χ1v) is 8.19. The van der Waals surface area contributed by atoms with Crippen LogP contribution < -0.4 is 11.1 Å². The van der Waals surface area contributed by atoms with Crippen LogP contribution in [0.2, 0.25) is 5.02 Å². The molecule has 0 unspecified atom stereocenters. The molecule has 3 aromatic rings. The van der Waals surface area contributed by atoms with E-state index in [1.807, 2.05) is 30.3 Å². The lowest BCUT2D eigenvalue weighted by atomic mass is 10.1. The van der Waals surface area contributed by atoms with Gasteiger partial charge in [0.25, 0.3) is 0 Å². The summed E-state index contributed by atoms with van der Waals surface area (Å²) >= 11 is 5.99. The van der Waals surface area contributed by atoms with Crippen LogP contribution in [0.25, 0.3) is 10.9 Å². The highest BCUT2D eigenvalue weighted by atomic mass is 35.5. The van der Waals surface area contributed by atoms with E-state index in [-0.39, 0.29) is 24.8 Å². The number of nitrogen functional groups attached to an aromatic ring is 1. The van der Waals surface area contributed by atoms with Crippen molar-refractivity contribution in [3.8, 4) is 0 Å². The number of pyridine rings is 1. The fraction of sp³-hybridized carbons (Fsp3) is 0.211. The van der Waals surface area contributed by atoms with Crippen LogP contribution in [-0.4, -0.2) is 18.1 Å². The minimum Gasteiger partial charge on any atom is -0.384 e. The summed E-state index contributed by atoms with van der Waals surface area (Å²) in [6, 6.07) is 18.2. The molecule has 134 valence electrons. The average molecular weight is 399 g/mol. The number of halogens is 3. The zero-order valence-electron chi connectivity index (χ0n) is 13.7. The minimum atomic E-state index is 0. The molecule has 0 aliphatic heterocycles. The number of anilines is 1. The Labute approximate surface area is 165 Å². The molecule has 3 nitrogen and oxygen atoms in total. The van der Waals surface area contributed by atoms with Gasteiger partial charge in [0.15, 0.2) is 0 Å². The van der Waals surface area contributed by atoms with Crippen LogP contribution in [0.4, 0.5) is 5.82 Å². The monoisotopic (exact) mass is 397 g/mol. The summed E-state index contributed by atoms with van der Waals surface area (Å²) in [4.78, 5) is 4.37. The van der Waals surface area contributed by atoms with Crippen molar-refractivity contribution in [3.63, 3.8) is 0 Å². The quantitative estimate of drug-likeness (QED) is 0.592. The molecule has 0 aliphatic rings. The Balaban J connectivity index is 0.00000156. The molecule has 0 atom stereocenters. The molecular formula is C19H22Cl3N3. The summed E-state index contributed by atoms with van der Waals surface area (Å²) in [6.07, 6.45) is 1.96. The van der Waals surface area contributed by atoms with Gasteiger partial charge in [-0.15, -0.1) is 24.8 Å². The van der Waals surface area contributed by atoms with Crippen molar-refractivity contribution in [3.05, 3.63) is 70.7 Å². The maximum atomic E-state index is 5.99. The van der Waals surface area contributed by atoms with Crippen molar-refractivity contribution >= 4 is 53.1 Å². The summed E-state index contributed by atoms with van der Waals surface area (Å²) in [5.41, 5.74) is 9.24. The van der Waals surface area contributed by atoms with Gasteiger partial charge in [-0.3, -0.25) is 0 Å². The maximum absolute atomic E-state index is 5.99. The highest BCUT2D eigenvalue weighted by molar-refractivity contribution is 6.30. The Morgan fingerprint density at radius 2 is 1.56 bits per heavy atom. The molecule has 6 heteroatoms. The lowest BCUT2D eigenvalue weighted by Crippen LogP contribution is -2.20. The minimum absolute atomic E-state index is 0. The standard InChI is InChI=1S/C19H20ClN3.2ClH/c20-17-3-1-2-14(12-17)8-10-22-11-9-15-4-5-16-6-7-19(21)23-18(16)13-15;;/h1-7,12-13,22H,8-11H2,(H2,21,23);2*1H. The number of hydrogen-bond acceptors (Lipinski definition) is 3. The van der Waals surface area contributed by atoms with Gasteiger partial charge in [-0.05, 0) is 67.4 Å². The van der Waals surface area contributed by atoms with Gasteiger partial charge in [0, 0.05) is 10.4 Å². The molecule has 0 amide bonds. The zero-order valence-corrected chi connectivity index (χ0v) is 16.1. The number of nitrogens with zero attached hydrogens (tertiary/aromatic N) is 1. The largest absolute Gasteiger partial charge is 0.384 e. The number of aromatic nitrogens is 1. The molecule has 0 fully saturated rings. The van der Waals surface area contributed by atoms with Gasteiger partial charge in [-0.25, -0.2) is 4.98 Å². The van der Waals surface area contributed by atoms with E-state index in [2.05, 4.69) is 34.6 Å². The van der Waals surface area contributed by atoms with E-state index in [1.54, 1.807) is 0 Å². The summed E-state index contributed by atoms with van der Waals surface area (Å²) in [5.74, 6) is 0.564. The highest BCUT2D eigenvalue weighted by Gasteiger charge is 1.99. The molecule has 25 heavy (non-hydrogen) atoms. The Hall–Kier alpha value is -1.52. The smallest absolute Gasteiger partial charge is 0.124 e. The molecule has 0 bridgehead atoms. The molecular weight excluding hydrogens is 377 g/mol. The topological polar surface area (TPSA) is 50.9 Å². The number of benzene rings is 2. The van der Waals surface area contributed by atoms with Crippen molar-refractivity contribution < 1.29 is 0 Å². The van der Waals surface area contributed by atoms with Crippen molar-refractivity contribution in [1.82, 2.24) is 10.3 Å². The van der Waals surface area contributed by atoms with Crippen molar-refractivity contribution in [2.24, 2.45) is 0 Å². The molecule has 0 saturated heterocycles. The first-order chi connectivity index (χ1) is 11.2. The fourth-order valence-electron chi connectivity index (χ4n) is 2.62. The van der Waals surface area contributed by atoms with Crippen LogP contribution >= 0.6 is 36.4 Å². The molecule has 0 radical (unpaired) electrons. The summed E-state index contributed by atoms with van der Waals surface area (Å²) < 4.78 is 0. The molecule has 3 rings (SSSR count). The second-order valence-electron chi connectivity index (χ2n) is 5.64. The second-order valence-corrected chi connectivity index (χ2v) is 6.08. The first-order valence-electron chi connectivity index (χ1n) is 7.81. The number of nitrogens with one attached hydrogen (secondary N) is 1. The third-order valence-electron chi connectivity index (χ3n) is 3.85.